The van der Waals surface area contributed by atoms with Gasteiger partial charge in [0.2, 0.25) is 0 Å². The minimum atomic E-state index is -3.56. The third kappa shape index (κ3) is 4.28. The van der Waals surface area contributed by atoms with E-state index in [4.69, 9.17) is 18.5 Å². The summed E-state index contributed by atoms with van der Waals surface area (Å²) in [5.74, 6) is 0.166. The lowest BCUT2D eigenvalue weighted by Gasteiger charge is -2.56. The van der Waals surface area contributed by atoms with Crippen molar-refractivity contribution in [3.05, 3.63) is 0 Å². The van der Waals surface area contributed by atoms with E-state index in [1.165, 1.54) is 6.66 Å². The van der Waals surface area contributed by atoms with Crippen molar-refractivity contribution in [3.8, 4) is 0 Å². The monoisotopic (exact) mass is 486 g/mol. The number of nitrogens with zero attached hydrogens (tertiary/aromatic N) is 2. The number of hydrogen-bond acceptors (Lipinski definition) is 9. The predicted octanol–water partition coefficient (Wildman–Crippen LogP) is 1.98. The van der Waals surface area contributed by atoms with Crippen LogP contribution in [0, 0.1) is 11.8 Å². The molecule has 0 N–H and O–H groups in total. The van der Waals surface area contributed by atoms with E-state index < -0.39 is 18.7 Å². The maximum Gasteiger partial charge on any atom is 0.327 e. The van der Waals surface area contributed by atoms with Gasteiger partial charge < -0.3 is 18.5 Å². The predicted molar refractivity (Wildman–Crippen MR) is 122 cm³/mol. The third-order valence-electron chi connectivity index (χ3n) is 8.35. The normalized spacial score (nSPS) is 44.3. The minimum Gasteiger partial charge on any atom is -0.382 e. The summed E-state index contributed by atoms with van der Waals surface area (Å²) in [5, 5.41) is 0. The molecule has 0 amide bonds. The van der Waals surface area contributed by atoms with Crippen molar-refractivity contribution in [2.24, 2.45) is 11.8 Å². The summed E-state index contributed by atoms with van der Waals surface area (Å²) in [5.41, 5.74) is -1.90. The minimum absolute atomic E-state index is 0.0180. The number of piperidine rings is 6. The maximum atomic E-state index is 13.4. The molecule has 6 rings (SSSR count). The summed E-state index contributed by atoms with van der Waals surface area (Å²) >= 11 is 0. The Hall–Kier alpha value is -0.670. The zero-order valence-corrected chi connectivity index (χ0v) is 21.5. The summed E-state index contributed by atoms with van der Waals surface area (Å²) in [7, 11) is -0.427. The summed E-state index contributed by atoms with van der Waals surface area (Å²) in [6, 6.07) is 0.457. The molecule has 6 heterocycles. The highest BCUT2D eigenvalue weighted by molar-refractivity contribution is 7.52. The fraction of sp³-hybridized carbons (Fsp3) is 0.913. The Morgan fingerprint density at radius 3 is 1.55 bits per heavy atom. The van der Waals surface area contributed by atoms with E-state index in [2.05, 4.69) is 23.6 Å². The van der Waals surface area contributed by atoms with E-state index >= 15 is 0 Å². The fourth-order valence-electron chi connectivity index (χ4n) is 6.80. The van der Waals surface area contributed by atoms with Crippen LogP contribution in [0.5, 0.6) is 0 Å². The molecule has 4 bridgehead atoms. The zero-order valence-electron chi connectivity index (χ0n) is 20.6. The maximum absolute atomic E-state index is 13.4. The van der Waals surface area contributed by atoms with Gasteiger partial charge in [-0.15, -0.1) is 0 Å². The zero-order chi connectivity index (χ0) is 24.0. The molecule has 0 aromatic rings. The van der Waals surface area contributed by atoms with Gasteiger partial charge in [-0.2, -0.15) is 0 Å². The van der Waals surface area contributed by atoms with Gasteiger partial charge in [0.05, 0.1) is 26.4 Å². The van der Waals surface area contributed by atoms with Crippen molar-refractivity contribution in [1.29, 1.82) is 0 Å². The van der Waals surface area contributed by atoms with Crippen LogP contribution in [-0.4, -0.2) is 105 Å². The number of Topliss-reactive ketones (excluding diaryl/α,β-unsaturated/α-hetero) is 2. The first kappa shape index (κ1) is 25.4. The molecule has 188 valence electrons. The molecular formula is C23H39N2O7P. The second-order valence-electron chi connectivity index (χ2n) is 10.5. The quantitative estimate of drug-likeness (QED) is 0.430. The van der Waals surface area contributed by atoms with Crippen molar-refractivity contribution >= 4 is 19.2 Å². The van der Waals surface area contributed by atoms with Crippen LogP contribution in [0.25, 0.3) is 0 Å². The standard InChI is InChI=1S/C23H39N2O7P/c1-16-10-18-6-8-24(16)22(12-29-3,20(18)26)14-31-33(5,28)32-15-23(13-30-4)21(27)19-7-9-25(23)17(2)11-19/h16-19H,6-15H2,1-5H3/t16-,17-,18+,19?,22+,23+,33?/m0/s1. The van der Waals surface area contributed by atoms with Crippen LogP contribution in [0.1, 0.15) is 39.5 Å². The van der Waals surface area contributed by atoms with Crippen molar-refractivity contribution in [2.45, 2.75) is 62.7 Å². The van der Waals surface area contributed by atoms with Crippen molar-refractivity contribution in [1.82, 2.24) is 9.80 Å². The van der Waals surface area contributed by atoms with Crippen LogP contribution in [-0.2, 0) is 32.7 Å². The largest absolute Gasteiger partial charge is 0.382 e. The number of methoxy groups -OCH3 is 2. The first-order valence-electron chi connectivity index (χ1n) is 12.1. The van der Waals surface area contributed by atoms with E-state index in [-0.39, 0.29) is 61.9 Å². The number of fused-ring (bicyclic) bond motifs is 6. The van der Waals surface area contributed by atoms with Crippen LogP contribution >= 0.6 is 7.60 Å². The van der Waals surface area contributed by atoms with Gasteiger partial charge in [-0.1, -0.05) is 0 Å². The second kappa shape index (κ2) is 9.41. The molecule has 10 heteroatoms. The van der Waals surface area contributed by atoms with Gasteiger partial charge in [-0.25, -0.2) is 0 Å². The Balaban J connectivity index is 1.48. The number of carbonyl (C=O) groups excluding carboxylic acids is 2. The first-order chi connectivity index (χ1) is 15.6. The summed E-state index contributed by atoms with van der Waals surface area (Å²) in [6.45, 7) is 7.49. The van der Waals surface area contributed by atoms with Crippen molar-refractivity contribution < 1.29 is 32.7 Å². The van der Waals surface area contributed by atoms with Gasteiger partial charge in [-0.3, -0.25) is 24.0 Å². The topological polar surface area (TPSA) is 94.6 Å². The molecular weight excluding hydrogens is 447 g/mol. The molecule has 6 saturated heterocycles. The number of rotatable bonds is 10. The molecule has 6 aliphatic heterocycles. The van der Waals surface area contributed by atoms with E-state index in [1.807, 2.05) is 0 Å². The van der Waals surface area contributed by atoms with E-state index in [9.17, 15) is 14.2 Å². The van der Waals surface area contributed by atoms with Crippen LogP contribution in [0.15, 0.2) is 0 Å². The Kier molecular flexibility index (Phi) is 7.25. The molecule has 0 aromatic heterocycles. The molecule has 0 aliphatic carbocycles. The molecule has 6 fully saturated rings. The molecule has 9 atom stereocenters. The van der Waals surface area contributed by atoms with Gasteiger partial charge >= 0.3 is 7.60 Å². The van der Waals surface area contributed by atoms with Gasteiger partial charge in [0, 0.05) is 57.9 Å². The van der Waals surface area contributed by atoms with Gasteiger partial charge in [0.25, 0.3) is 0 Å². The van der Waals surface area contributed by atoms with Crippen LogP contribution in [0.4, 0.5) is 0 Å². The van der Waals surface area contributed by atoms with Gasteiger partial charge in [-0.05, 0) is 39.5 Å². The number of hydrogen-bond donors (Lipinski definition) is 0. The van der Waals surface area contributed by atoms with Crippen molar-refractivity contribution in [3.63, 3.8) is 0 Å². The lowest BCUT2D eigenvalue weighted by Crippen LogP contribution is -2.72. The van der Waals surface area contributed by atoms with Crippen LogP contribution in [0.3, 0.4) is 0 Å². The average molecular weight is 487 g/mol. The molecule has 9 nitrogen and oxygen atoms in total. The third-order valence-corrected chi connectivity index (χ3v) is 9.55. The smallest absolute Gasteiger partial charge is 0.327 e. The molecule has 33 heavy (non-hydrogen) atoms. The highest BCUT2D eigenvalue weighted by atomic mass is 31.2. The van der Waals surface area contributed by atoms with E-state index in [0.29, 0.717) is 0 Å². The van der Waals surface area contributed by atoms with Crippen LogP contribution in [0.2, 0.25) is 0 Å². The Labute approximate surface area is 197 Å². The lowest BCUT2D eigenvalue weighted by atomic mass is 9.71. The number of ether oxygens (including phenoxy) is 2. The molecule has 0 saturated carbocycles. The SMILES string of the molecule is COC[C@@]1(COP(C)(=O)OC[C@]2(COC)C(=O)[C@@H]3CCN2[C@@H](C)C3)C(=O)C2CCN1[C@@H](C)C2. The summed E-state index contributed by atoms with van der Waals surface area (Å²) < 4.78 is 36.0. The van der Waals surface area contributed by atoms with Gasteiger partial charge in [0.15, 0.2) is 11.6 Å². The number of carbonyl (C=O) groups is 2. The second-order valence-corrected chi connectivity index (χ2v) is 12.6. The highest BCUT2D eigenvalue weighted by Gasteiger charge is 2.58. The molecule has 0 radical (unpaired) electrons. The lowest BCUT2D eigenvalue weighted by molar-refractivity contribution is -0.165. The fourth-order valence-corrected chi connectivity index (χ4v) is 7.77. The van der Waals surface area contributed by atoms with E-state index in [0.717, 1.165) is 38.8 Å². The molecule has 6 aliphatic rings. The average Bonchev–Trinajstić information content (AvgIpc) is 2.77. The Morgan fingerprint density at radius 1 is 0.818 bits per heavy atom. The summed E-state index contributed by atoms with van der Waals surface area (Å²) in [4.78, 5) is 30.8. The van der Waals surface area contributed by atoms with Gasteiger partial charge in [0.1, 0.15) is 11.1 Å². The molecule has 0 spiro atoms. The Bertz CT molecular complexity index is 763. The summed E-state index contributed by atoms with van der Waals surface area (Å²) in [6.07, 6.45) is 3.35. The molecule has 4 unspecified atom stereocenters. The Morgan fingerprint density at radius 2 is 1.21 bits per heavy atom. The number of ketones is 2. The van der Waals surface area contributed by atoms with Crippen molar-refractivity contribution in [2.75, 3.05) is 60.4 Å². The van der Waals surface area contributed by atoms with Crippen LogP contribution < -0.4 is 0 Å². The first-order valence-corrected chi connectivity index (χ1v) is 14.1. The molecule has 0 aromatic carbocycles. The highest BCUT2D eigenvalue weighted by Crippen LogP contribution is 2.50. The van der Waals surface area contributed by atoms with E-state index in [1.54, 1.807) is 14.2 Å².